The van der Waals surface area contributed by atoms with Crippen LogP contribution in [0.3, 0.4) is 0 Å². The fraction of sp³-hybridized carbons (Fsp3) is 0.579. The number of hydrogen-bond acceptors (Lipinski definition) is 3. The molecule has 0 spiro atoms. The number of thioether (sulfide) groups is 1. The molecule has 1 atom stereocenters. The van der Waals surface area contributed by atoms with E-state index in [0.717, 1.165) is 37.2 Å². The average molecular weight is 349 g/mol. The minimum Gasteiger partial charge on any atom is -0.341 e. The fourth-order valence-electron chi connectivity index (χ4n) is 3.03. The summed E-state index contributed by atoms with van der Waals surface area (Å²) in [7, 11) is 0. The highest BCUT2D eigenvalue weighted by Crippen LogP contribution is 2.13. The third kappa shape index (κ3) is 5.55. The molecule has 1 aliphatic rings. The Hall–Kier alpha value is -1.49. The Morgan fingerprint density at radius 2 is 1.92 bits per heavy atom. The molecule has 1 saturated heterocycles. The Morgan fingerprint density at radius 3 is 2.54 bits per heavy atom. The van der Waals surface area contributed by atoms with Crippen LogP contribution < -0.4 is 5.32 Å². The highest BCUT2D eigenvalue weighted by Gasteiger charge is 2.26. The van der Waals surface area contributed by atoms with Crippen molar-refractivity contribution in [3.63, 3.8) is 0 Å². The highest BCUT2D eigenvalue weighted by molar-refractivity contribution is 7.98. The summed E-state index contributed by atoms with van der Waals surface area (Å²) >= 11 is 1.70. The number of benzene rings is 1. The molecule has 1 unspecified atom stereocenters. The summed E-state index contributed by atoms with van der Waals surface area (Å²) in [6, 6.07) is 7.06. The second-order valence-corrected chi connectivity index (χ2v) is 7.40. The van der Waals surface area contributed by atoms with E-state index in [1.807, 2.05) is 36.3 Å². The van der Waals surface area contributed by atoms with E-state index in [4.69, 9.17) is 0 Å². The van der Waals surface area contributed by atoms with Gasteiger partial charge < -0.3 is 10.2 Å². The number of hydrogen-bond donors (Lipinski definition) is 1. The second kappa shape index (κ2) is 9.72. The van der Waals surface area contributed by atoms with Gasteiger partial charge in [-0.15, -0.1) is 0 Å². The van der Waals surface area contributed by atoms with Crippen LogP contribution in [0.25, 0.3) is 0 Å². The Bertz CT molecular complexity index is 554. The van der Waals surface area contributed by atoms with Crippen LogP contribution in [0.1, 0.15) is 48.0 Å². The molecule has 0 radical (unpaired) electrons. The lowest BCUT2D eigenvalue weighted by atomic mass is 10.1. The number of carbonyl (C=O) groups is 2. The predicted molar refractivity (Wildman–Crippen MR) is 100 cm³/mol. The van der Waals surface area contributed by atoms with E-state index >= 15 is 0 Å². The van der Waals surface area contributed by atoms with Crippen molar-refractivity contribution in [2.75, 3.05) is 25.1 Å². The summed E-state index contributed by atoms with van der Waals surface area (Å²) in [4.78, 5) is 27.4. The Kier molecular flexibility index (Phi) is 7.63. The van der Waals surface area contributed by atoms with Crippen molar-refractivity contribution in [1.29, 1.82) is 0 Å². The number of rotatable bonds is 6. The zero-order valence-corrected chi connectivity index (χ0v) is 15.5. The molecule has 1 aliphatic heterocycles. The monoisotopic (exact) mass is 348 g/mol. The van der Waals surface area contributed by atoms with Crippen molar-refractivity contribution in [2.24, 2.45) is 0 Å². The summed E-state index contributed by atoms with van der Waals surface area (Å²) in [6.07, 6.45) is 7.20. The Morgan fingerprint density at radius 1 is 1.21 bits per heavy atom. The van der Waals surface area contributed by atoms with Crippen molar-refractivity contribution in [3.8, 4) is 0 Å². The summed E-state index contributed by atoms with van der Waals surface area (Å²) < 4.78 is 0. The van der Waals surface area contributed by atoms with E-state index in [9.17, 15) is 9.59 Å². The maximum atomic E-state index is 12.9. The summed E-state index contributed by atoms with van der Waals surface area (Å²) in [5.41, 5.74) is 1.66. The number of amides is 2. The molecule has 2 amide bonds. The molecule has 2 rings (SSSR count). The Balaban J connectivity index is 2.06. The molecule has 5 heteroatoms. The average Bonchev–Trinajstić information content (AvgIpc) is 2.87. The molecule has 132 valence electrons. The van der Waals surface area contributed by atoms with E-state index in [2.05, 4.69) is 5.32 Å². The molecule has 4 nitrogen and oxygen atoms in total. The van der Waals surface area contributed by atoms with Gasteiger partial charge in [-0.1, -0.05) is 30.5 Å². The SMILES string of the molecule is CSCCC(NC(=O)c1cccc(C)c1)C(=O)N1CCCCCC1. The summed E-state index contributed by atoms with van der Waals surface area (Å²) in [5.74, 6) is 0.776. The maximum Gasteiger partial charge on any atom is 0.251 e. The molecule has 1 fully saturated rings. The van der Waals surface area contributed by atoms with Gasteiger partial charge >= 0.3 is 0 Å². The zero-order chi connectivity index (χ0) is 17.4. The zero-order valence-electron chi connectivity index (χ0n) is 14.7. The molecule has 0 aliphatic carbocycles. The topological polar surface area (TPSA) is 49.4 Å². The van der Waals surface area contributed by atoms with Gasteiger partial charge in [0, 0.05) is 18.7 Å². The van der Waals surface area contributed by atoms with Gasteiger partial charge in [-0.3, -0.25) is 9.59 Å². The lowest BCUT2D eigenvalue weighted by Crippen LogP contribution is -2.49. The molecule has 1 heterocycles. The van der Waals surface area contributed by atoms with Crippen LogP contribution in [-0.4, -0.2) is 47.9 Å². The number of nitrogens with one attached hydrogen (secondary N) is 1. The van der Waals surface area contributed by atoms with Crippen LogP contribution in [0.2, 0.25) is 0 Å². The van der Waals surface area contributed by atoms with E-state index in [-0.39, 0.29) is 11.8 Å². The minimum absolute atomic E-state index is 0.0759. The van der Waals surface area contributed by atoms with Gasteiger partial charge in [0.25, 0.3) is 5.91 Å². The normalized spacial score (nSPS) is 16.3. The molecule has 1 aromatic rings. The molecule has 0 saturated carbocycles. The molecular formula is C19H28N2O2S. The molecular weight excluding hydrogens is 320 g/mol. The lowest BCUT2D eigenvalue weighted by molar-refractivity contribution is -0.133. The van der Waals surface area contributed by atoms with Gasteiger partial charge in [0.15, 0.2) is 0 Å². The minimum atomic E-state index is -0.427. The first-order chi connectivity index (χ1) is 11.6. The smallest absolute Gasteiger partial charge is 0.251 e. The largest absolute Gasteiger partial charge is 0.341 e. The first kappa shape index (κ1) is 18.8. The van der Waals surface area contributed by atoms with Crippen LogP contribution in [0.5, 0.6) is 0 Å². The third-order valence-corrected chi connectivity index (χ3v) is 5.06. The van der Waals surface area contributed by atoms with Crippen molar-refractivity contribution in [1.82, 2.24) is 10.2 Å². The van der Waals surface area contributed by atoms with Gasteiger partial charge in [-0.25, -0.2) is 0 Å². The van der Waals surface area contributed by atoms with Crippen molar-refractivity contribution < 1.29 is 9.59 Å². The van der Waals surface area contributed by atoms with E-state index < -0.39 is 6.04 Å². The number of carbonyl (C=O) groups excluding carboxylic acids is 2. The lowest BCUT2D eigenvalue weighted by Gasteiger charge is -2.26. The molecule has 0 bridgehead atoms. The molecule has 1 aromatic carbocycles. The van der Waals surface area contributed by atoms with Gasteiger partial charge in [0.05, 0.1) is 0 Å². The van der Waals surface area contributed by atoms with Crippen LogP contribution in [0.4, 0.5) is 0 Å². The van der Waals surface area contributed by atoms with Crippen molar-refractivity contribution in [2.45, 2.75) is 45.1 Å². The molecule has 1 N–H and O–H groups in total. The Labute approximate surface area is 149 Å². The number of likely N-dealkylation sites (tertiary alicyclic amines) is 1. The second-order valence-electron chi connectivity index (χ2n) is 6.42. The maximum absolute atomic E-state index is 12.9. The van der Waals surface area contributed by atoms with E-state index in [0.29, 0.717) is 12.0 Å². The number of nitrogens with zero attached hydrogens (tertiary/aromatic N) is 1. The van der Waals surface area contributed by atoms with Crippen LogP contribution >= 0.6 is 11.8 Å². The van der Waals surface area contributed by atoms with Gasteiger partial charge in [0.1, 0.15) is 6.04 Å². The van der Waals surface area contributed by atoms with Crippen molar-refractivity contribution >= 4 is 23.6 Å². The fourth-order valence-corrected chi connectivity index (χ4v) is 3.50. The number of aryl methyl sites for hydroxylation is 1. The van der Waals surface area contributed by atoms with E-state index in [1.54, 1.807) is 17.8 Å². The van der Waals surface area contributed by atoms with E-state index in [1.165, 1.54) is 12.8 Å². The standard InChI is InChI=1S/C19H28N2O2S/c1-15-8-7-9-16(14-15)18(22)20-17(10-13-24-2)19(23)21-11-5-3-4-6-12-21/h7-9,14,17H,3-6,10-13H2,1-2H3,(H,20,22). The first-order valence-corrected chi connectivity index (χ1v) is 10.2. The summed E-state index contributed by atoms with van der Waals surface area (Å²) in [5, 5.41) is 2.97. The summed E-state index contributed by atoms with van der Waals surface area (Å²) in [6.45, 7) is 3.59. The van der Waals surface area contributed by atoms with Gasteiger partial charge in [-0.05, 0) is 50.3 Å². The first-order valence-electron chi connectivity index (χ1n) is 8.77. The third-order valence-electron chi connectivity index (χ3n) is 4.41. The van der Waals surface area contributed by atoms with Crippen LogP contribution in [-0.2, 0) is 4.79 Å². The predicted octanol–water partition coefficient (Wildman–Crippen LogP) is 3.25. The van der Waals surface area contributed by atoms with Gasteiger partial charge in [0.2, 0.25) is 5.91 Å². The molecule has 24 heavy (non-hydrogen) atoms. The quantitative estimate of drug-likeness (QED) is 0.858. The van der Waals surface area contributed by atoms with Crippen molar-refractivity contribution in [3.05, 3.63) is 35.4 Å². The molecule has 0 aromatic heterocycles. The van der Waals surface area contributed by atoms with Crippen LogP contribution in [0, 0.1) is 6.92 Å². The van der Waals surface area contributed by atoms with Gasteiger partial charge in [-0.2, -0.15) is 11.8 Å². The van der Waals surface area contributed by atoms with Crippen LogP contribution in [0.15, 0.2) is 24.3 Å². The highest BCUT2D eigenvalue weighted by atomic mass is 32.2.